The van der Waals surface area contributed by atoms with Crippen LogP contribution in [0.3, 0.4) is 0 Å². The maximum absolute atomic E-state index is 5.31. The summed E-state index contributed by atoms with van der Waals surface area (Å²) in [6.07, 6.45) is 0. The number of rotatable bonds is 6. The number of aryl methyl sites for hydroxylation is 2. The van der Waals surface area contributed by atoms with Crippen molar-refractivity contribution in [1.29, 1.82) is 0 Å². The summed E-state index contributed by atoms with van der Waals surface area (Å²) < 4.78 is 7.39. The number of benzene rings is 2. The fraction of sp³-hybridized carbons (Fsp3) is 0.190. The van der Waals surface area contributed by atoms with Crippen molar-refractivity contribution in [2.24, 2.45) is 0 Å². The molecule has 5 nitrogen and oxygen atoms in total. The van der Waals surface area contributed by atoms with Crippen molar-refractivity contribution in [2.75, 3.05) is 7.11 Å². The number of aromatic nitrogens is 4. The quantitative estimate of drug-likeness (QED) is 0.405. The Labute approximate surface area is 172 Å². The first-order valence-corrected chi connectivity index (χ1v) is 10.7. The van der Waals surface area contributed by atoms with E-state index in [0.29, 0.717) is 0 Å². The van der Waals surface area contributed by atoms with Crippen molar-refractivity contribution in [1.82, 2.24) is 19.7 Å². The fourth-order valence-corrected chi connectivity index (χ4v) is 4.64. The topological polar surface area (TPSA) is 52.8 Å². The number of methoxy groups -OCH3 is 1. The zero-order valence-corrected chi connectivity index (χ0v) is 17.5. The van der Waals surface area contributed by atoms with Gasteiger partial charge in [-0.1, -0.05) is 41.6 Å². The second-order valence-corrected chi connectivity index (χ2v) is 8.17. The molecule has 0 atom stereocenters. The molecule has 4 aromatic rings. The molecule has 0 radical (unpaired) electrons. The minimum Gasteiger partial charge on any atom is -0.497 e. The highest BCUT2D eigenvalue weighted by Crippen LogP contribution is 2.30. The molecule has 0 aliphatic heterocycles. The Morgan fingerprint density at radius 2 is 1.89 bits per heavy atom. The Balaban J connectivity index is 1.52. The number of ether oxygens (including phenoxy) is 1. The minimum absolute atomic E-state index is 0.741. The van der Waals surface area contributed by atoms with E-state index in [1.165, 1.54) is 5.56 Å². The SMILES string of the molecule is COc1cccc(-c2nc(CSc3nnc(C)n3-c3ccc(C)cc3)cs2)c1. The Kier molecular flexibility index (Phi) is 5.45. The third-order valence-corrected chi connectivity index (χ3v) is 6.21. The average molecular weight is 409 g/mol. The van der Waals surface area contributed by atoms with Gasteiger partial charge in [-0.25, -0.2) is 4.98 Å². The number of thioether (sulfide) groups is 1. The van der Waals surface area contributed by atoms with Gasteiger partial charge in [-0.15, -0.1) is 21.5 Å². The van der Waals surface area contributed by atoms with E-state index in [9.17, 15) is 0 Å². The van der Waals surface area contributed by atoms with E-state index < -0.39 is 0 Å². The van der Waals surface area contributed by atoms with E-state index in [0.717, 1.165) is 44.4 Å². The molecule has 0 saturated heterocycles. The molecule has 28 heavy (non-hydrogen) atoms. The maximum atomic E-state index is 5.31. The highest BCUT2D eigenvalue weighted by atomic mass is 32.2. The van der Waals surface area contributed by atoms with Crippen molar-refractivity contribution in [3.8, 4) is 22.0 Å². The van der Waals surface area contributed by atoms with Crippen LogP contribution in [0.25, 0.3) is 16.3 Å². The fourth-order valence-electron chi connectivity index (χ4n) is 2.83. The van der Waals surface area contributed by atoms with Gasteiger partial charge in [0.25, 0.3) is 0 Å². The molecule has 0 aliphatic carbocycles. The monoisotopic (exact) mass is 408 g/mol. The Morgan fingerprint density at radius 3 is 2.68 bits per heavy atom. The summed E-state index contributed by atoms with van der Waals surface area (Å²) in [6.45, 7) is 4.06. The second-order valence-electron chi connectivity index (χ2n) is 6.37. The molecule has 0 fully saturated rings. The van der Waals surface area contributed by atoms with Crippen LogP contribution in [0.5, 0.6) is 5.75 Å². The zero-order chi connectivity index (χ0) is 19.5. The molecule has 0 saturated carbocycles. The average Bonchev–Trinajstić information content (AvgIpc) is 3.34. The highest BCUT2D eigenvalue weighted by Gasteiger charge is 2.13. The van der Waals surface area contributed by atoms with Gasteiger partial charge in [-0.2, -0.15) is 0 Å². The van der Waals surface area contributed by atoms with E-state index in [1.54, 1.807) is 30.2 Å². The molecule has 0 unspecified atom stereocenters. The second kappa shape index (κ2) is 8.16. The summed E-state index contributed by atoms with van der Waals surface area (Å²) in [5.74, 6) is 2.46. The predicted molar refractivity (Wildman–Crippen MR) is 114 cm³/mol. The lowest BCUT2D eigenvalue weighted by molar-refractivity contribution is 0.415. The molecule has 0 aliphatic rings. The van der Waals surface area contributed by atoms with Crippen LogP contribution in [0, 0.1) is 13.8 Å². The van der Waals surface area contributed by atoms with Gasteiger partial charge in [0.15, 0.2) is 5.16 Å². The van der Waals surface area contributed by atoms with Crippen molar-refractivity contribution in [2.45, 2.75) is 24.8 Å². The van der Waals surface area contributed by atoms with Crippen LogP contribution in [0.15, 0.2) is 59.1 Å². The minimum atomic E-state index is 0.741. The number of nitrogens with zero attached hydrogens (tertiary/aromatic N) is 4. The summed E-state index contributed by atoms with van der Waals surface area (Å²) in [4.78, 5) is 4.78. The van der Waals surface area contributed by atoms with Crippen LogP contribution in [0.1, 0.15) is 17.1 Å². The van der Waals surface area contributed by atoms with E-state index in [-0.39, 0.29) is 0 Å². The predicted octanol–water partition coefficient (Wildman–Crippen LogP) is 5.31. The van der Waals surface area contributed by atoms with E-state index in [4.69, 9.17) is 9.72 Å². The summed E-state index contributed by atoms with van der Waals surface area (Å²) >= 11 is 3.29. The van der Waals surface area contributed by atoms with Crippen LogP contribution in [-0.2, 0) is 5.75 Å². The first kappa shape index (κ1) is 18.7. The number of thiazole rings is 1. The molecular weight excluding hydrogens is 388 g/mol. The molecule has 0 bridgehead atoms. The van der Waals surface area contributed by atoms with Gasteiger partial charge >= 0.3 is 0 Å². The molecule has 0 amide bonds. The van der Waals surface area contributed by atoms with Crippen LogP contribution in [-0.4, -0.2) is 26.9 Å². The molecule has 142 valence electrons. The molecule has 7 heteroatoms. The summed E-state index contributed by atoms with van der Waals surface area (Å²) in [6, 6.07) is 16.4. The smallest absolute Gasteiger partial charge is 0.196 e. The van der Waals surface area contributed by atoms with Crippen LogP contribution in [0.2, 0.25) is 0 Å². The molecule has 2 heterocycles. The lowest BCUT2D eigenvalue weighted by Gasteiger charge is -2.08. The van der Waals surface area contributed by atoms with Crippen molar-refractivity contribution in [3.63, 3.8) is 0 Å². The molecule has 2 aromatic carbocycles. The molecule has 4 rings (SSSR count). The Hall–Kier alpha value is -2.64. The van der Waals surface area contributed by atoms with Crippen LogP contribution in [0.4, 0.5) is 0 Å². The third-order valence-electron chi connectivity index (χ3n) is 4.30. The van der Waals surface area contributed by atoms with Gasteiger partial charge in [0, 0.05) is 22.4 Å². The Morgan fingerprint density at radius 1 is 1.07 bits per heavy atom. The Bertz CT molecular complexity index is 1090. The van der Waals surface area contributed by atoms with Gasteiger partial charge in [-0.3, -0.25) is 4.57 Å². The van der Waals surface area contributed by atoms with Crippen molar-refractivity contribution >= 4 is 23.1 Å². The molecule has 2 aromatic heterocycles. The largest absolute Gasteiger partial charge is 0.497 e. The lowest BCUT2D eigenvalue weighted by atomic mass is 10.2. The molecule has 0 spiro atoms. The van der Waals surface area contributed by atoms with E-state index >= 15 is 0 Å². The van der Waals surface area contributed by atoms with Gasteiger partial charge in [0.1, 0.15) is 16.6 Å². The van der Waals surface area contributed by atoms with Gasteiger partial charge in [0.05, 0.1) is 12.8 Å². The summed E-state index contributed by atoms with van der Waals surface area (Å²) in [5.41, 5.74) is 4.41. The third kappa shape index (κ3) is 3.95. The summed E-state index contributed by atoms with van der Waals surface area (Å²) in [7, 11) is 1.68. The normalized spacial score (nSPS) is 11.0. The zero-order valence-electron chi connectivity index (χ0n) is 15.9. The van der Waals surface area contributed by atoms with Crippen molar-refractivity contribution < 1.29 is 4.74 Å². The standard InChI is InChI=1S/C21H20N4OS2/c1-14-7-9-18(10-8-14)25-15(2)23-24-21(25)28-13-17-12-27-20(22-17)16-5-4-6-19(11-16)26-3/h4-12H,13H2,1-3H3. The van der Waals surface area contributed by atoms with Gasteiger partial charge in [-0.05, 0) is 38.1 Å². The summed E-state index contributed by atoms with van der Waals surface area (Å²) in [5, 5.41) is 12.6. The van der Waals surface area contributed by atoms with Crippen LogP contribution < -0.4 is 4.74 Å². The van der Waals surface area contributed by atoms with Gasteiger partial charge < -0.3 is 4.74 Å². The molecule has 0 N–H and O–H groups in total. The number of hydrogen-bond donors (Lipinski definition) is 0. The van der Waals surface area contributed by atoms with Crippen molar-refractivity contribution in [3.05, 3.63) is 71.0 Å². The maximum Gasteiger partial charge on any atom is 0.196 e. The first-order chi connectivity index (χ1) is 13.6. The number of hydrogen-bond acceptors (Lipinski definition) is 6. The first-order valence-electron chi connectivity index (χ1n) is 8.85. The van der Waals surface area contributed by atoms with Crippen LogP contribution >= 0.6 is 23.1 Å². The molecular formula is C21H20N4OS2. The highest BCUT2D eigenvalue weighted by molar-refractivity contribution is 7.98. The lowest BCUT2D eigenvalue weighted by Crippen LogP contribution is -1.99. The van der Waals surface area contributed by atoms with Gasteiger partial charge in [0.2, 0.25) is 0 Å². The van der Waals surface area contributed by atoms with E-state index in [1.807, 2.05) is 25.1 Å². The van der Waals surface area contributed by atoms with E-state index in [2.05, 4.69) is 57.4 Å².